The second-order valence-electron chi connectivity index (χ2n) is 15.4. The van der Waals surface area contributed by atoms with Crippen LogP contribution in [0.4, 0.5) is 23.4 Å². The van der Waals surface area contributed by atoms with Crippen LogP contribution >= 0.6 is 0 Å². The van der Waals surface area contributed by atoms with Gasteiger partial charge in [0.05, 0.1) is 18.3 Å². The van der Waals surface area contributed by atoms with Crippen LogP contribution in [0.1, 0.15) is 55.6 Å². The summed E-state index contributed by atoms with van der Waals surface area (Å²) in [6.07, 6.45) is 1.61. The zero-order valence-corrected chi connectivity index (χ0v) is 30.6. The molecule has 2 aromatic heterocycles. The molecule has 3 aliphatic heterocycles. The molecule has 54 heavy (non-hydrogen) atoms. The lowest BCUT2D eigenvalue weighted by Gasteiger charge is -2.54. The van der Waals surface area contributed by atoms with E-state index >= 15 is 0 Å². The summed E-state index contributed by atoms with van der Waals surface area (Å²) in [7, 11) is 1.68. The van der Waals surface area contributed by atoms with Crippen molar-refractivity contribution in [1.29, 1.82) is 0 Å². The maximum absolute atomic E-state index is 14.1. The molecule has 11 nitrogen and oxygen atoms in total. The van der Waals surface area contributed by atoms with Gasteiger partial charge in [-0.25, -0.2) is 4.39 Å². The number of aromatic nitrogens is 4. The molecular weight excluding hydrogens is 706 g/mol. The summed E-state index contributed by atoms with van der Waals surface area (Å²) in [6.45, 7) is 8.72. The van der Waals surface area contributed by atoms with Gasteiger partial charge in [-0.15, -0.1) is 0 Å². The lowest BCUT2D eigenvalue weighted by molar-refractivity contribution is -0.153. The van der Waals surface area contributed by atoms with Gasteiger partial charge in [-0.2, -0.15) is 28.2 Å². The van der Waals surface area contributed by atoms with E-state index in [1.165, 1.54) is 4.90 Å². The fourth-order valence-electron chi connectivity index (χ4n) is 8.43. The number of nitrogens with zero attached hydrogens (tertiary/aromatic N) is 6. The number of fused-ring (bicyclic) bond motifs is 2. The molecule has 2 aromatic carbocycles. The smallest absolute Gasteiger partial charge is 0.422 e. The van der Waals surface area contributed by atoms with Gasteiger partial charge in [0.25, 0.3) is 5.91 Å². The van der Waals surface area contributed by atoms with Crippen molar-refractivity contribution >= 4 is 33.5 Å². The predicted octanol–water partition coefficient (Wildman–Crippen LogP) is 6.70. The molecule has 3 saturated heterocycles. The van der Waals surface area contributed by atoms with Crippen LogP contribution in [0.15, 0.2) is 36.8 Å². The molecule has 1 amide bonds. The zero-order valence-electron chi connectivity index (χ0n) is 30.6. The largest absolute Gasteiger partial charge is 0.481 e. The van der Waals surface area contributed by atoms with E-state index in [0.717, 1.165) is 80.2 Å². The minimum absolute atomic E-state index is 0.0490. The van der Waals surface area contributed by atoms with Crippen LogP contribution in [0.2, 0.25) is 0 Å². The Hall–Kier alpha value is -4.50. The summed E-state index contributed by atoms with van der Waals surface area (Å²) < 4.78 is 73.4. The first-order chi connectivity index (χ1) is 25.9. The van der Waals surface area contributed by atoms with Crippen molar-refractivity contribution in [2.45, 2.75) is 63.6 Å². The second-order valence-corrected chi connectivity index (χ2v) is 15.4. The van der Waals surface area contributed by atoms with Gasteiger partial charge in [0.15, 0.2) is 18.2 Å². The molecule has 1 saturated carbocycles. The van der Waals surface area contributed by atoms with Crippen LogP contribution in [0.5, 0.6) is 11.8 Å². The highest BCUT2D eigenvalue weighted by Crippen LogP contribution is 2.53. The molecule has 0 atom stereocenters. The van der Waals surface area contributed by atoms with Crippen LogP contribution in [-0.4, -0.2) is 114 Å². The van der Waals surface area contributed by atoms with E-state index in [-0.39, 0.29) is 34.7 Å². The first kappa shape index (κ1) is 36.5. The summed E-state index contributed by atoms with van der Waals surface area (Å²) >= 11 is 0. The number of hydrogen-bond acceptors (Lipinski definition) is 9. The second kappa shape index (κ2) is 14.3. The number of methoxy groups -OCH3 is 1. The lowest BCUT2D eigenvalue weighted by atomic mass is 9.72. The van der Waals surface area contributed by atoms with Crippen LogP contribution in [0.3, 0.4) is 0 Å². The third-order valence-corrected chi connectivity index (χ3v) is 11.5. The molecule has 0 radical (unpaired) electrons. The van der Waals surface area contributed by atoms with Crippen LogP contribution < -0.4 is 14.4 Å². The number of carbonyl (C=O) groups is 1. The molecular formula is C39H45F4N7O4. The molecule has 1 spiro atoms. The molecule has 288 valence electrons. The van der Waals surface area contributed by atoms with Crippen molar-refractivity contribution in [3.8, 4) is 22.9 Å². The molecule has 4 aromatic rings. The number of piperidine rings is 2. The third-order valence-electron chi connectivity index (χ3n) is 11.5. The maximum atomic E-state index is 14.1. The molecule has 8 rings (SSSR count). The fraction of sp³-hybridized carbons (Fsp3) is 0.538. The topological polar surface area (TPSA) is 109 Å². The highest BCUT2D eigenvalue weighted by atomic mass is 19.4. The zero-order chi connectivity index (χ0) is 37.8. The van der Waals surface area contributed by atoms with Crippen molar-refractivity contribution in [2.24, 2.45) is 5.41 Å². The number of anilines is 1. The van der Waals surface area contributed by atoms with E-state index in [1.54, 1.807) is 13.3 Å². The number of nitrogens with one attached hydrogen (secondary N) is 1. The first-order valence-corrected chi connectivity index (χ1v) is 18.7. The highest BCUT2D eigenvalue weighted by Gasteiger charge is 2.47. The number of H-pyrrole nitrogens is 1. The number of benzene rings is 2. The van der Waals surface area contributed by atoms with Crippen molar-refractivity contribution in [3.05, 3.63) is 47.9 Å². The summed E-state index contributed by atoms with van der Waals surface area (Å²) in [5.74, 6) is -0.889. The molecule has 4 aliphatic rings. The highest BCUT2D eigenvalue weighted by molar-refractivity contribution is 6.05. The van der Waals surface area contributed by atoms with Gasteiger partial charge in [-0.3, -0.25) is 9.89 Å². The average Bonchev–Trinajstić information content (AvgIpc) is 3.87. The number of halogens is 4. The number of carbonyl (C=O) groups excluding carboxylic acids is 1. The standard InChI is InChI=1S/C39H45F4N7O4/c1-23-4-5-26-19-44-47-32(26)30(23)31-28(25-6-7-25)18-29-33(34(31)53-22-39(41,42)43)45-37(54-27-8-12-48(13-9-27)16-17-52-3)46-35(29)49-14-10-38(11-15-49)20-50(21-38)36(51)24(2)40/h4-5,18-19,25,27H,2,6-17,20-22H2,1,3H3,(H,44,47). The normalized spacial score (nSPS) is 19.4. The Morgan fingerprint density at radius 3 is 2.46 bits per heavy atom. The van der Waals surface area contributed by atoms with Gasteiger partial charge in [0, 0.05) is 80.2 Å². The van der Waals surface area contributed by atoms with Crippen molar-refractivity contribution < 1.29 is 36.6 Å². The Bertz CT molecular complexity index is 2060. The fourth-order valence-corrected chi connectivity index (χ4v) is 8.43. The number of likely N-dealkylation sites (tertiary alicyclic amines) is 2. The molecule has 5 heterocycles. The van der Waals surface area contributed by atoms with Gasteiger partial charge in [-0.1, -0.05) is 18.7 Å². The predicted molar refractivity (Wildman–Crippen MR) is 196 cm³/mol. The van der Waals surface area contributed by atoms with E-state index in [4.69, 9.17) is 24.2 Å². The monoisotopic (exact) mass is 751 g/mol. The maximum Gasteiger partial charge on any atom is 0.422 e. The summed E-state index contributed by atoms with van der Waals surface area (Å²) in [5.41, 5.74) is 3.89. The quantitative estimate of drug-likeness (QED) is 0.132. The van der Waals surface area contributed by atoms with Gasteiger partial charge in [0.2, 0.25) is 0 Å². The number of aromatic amines is 1. The molecule has 15 heteroatoms. The Labute approximate surface area is 310 Å². The Morgan fingerprint density at radius 2 is 1.80 bits per heavy atom. The van der Waals surface area contributed by atoms with E-state index in [2.05, 4.69) is 26.6 Å². The van der Waals surface area contributed by atoms with Gasteiger partial charge in [-0.05, 0) is 68.6 Å². The summed E-state index contributed by atoms with van der Waals surface area (Å²) in [5, 5.41) is 8.78. The number of hydrogen-bond donors (Lipinski definition) is 1. The van der Waals surface area contributed by atoms with Crippen LogP contribution in [0.25, 0.3) is 32.9 Å². The van der Waals surface area contributed by atoms with E-state index in [1.807, 2.05) is 25.1 Å². The number of alkyl halides is 3. The van der Waals surface area contributed by atoms with E-state index in [0.29, 0.717) is 55.1 Å². The SMILES string of the molecule is C=C(F)C(=O)N1CC2(CCN(c3nc(OC4CCN(CCOC)CC4)nc4c(OCC(F)(F)F)c(-c5c(C)ccc6cn[nH]c56)c(C5CC5)cc34)CC2)C1. The third kappa shape index (κ3) is 7.19. The number of aryl methyl sites for hydroxylation is 1. The van der Waals surface area contributed by atoms with Crippen LogP contribution in [0, 0.1) is 12.3 Å². The Balaban J connectivity index is 1.23. The number of amides is 1. The van der Waals surface area contributed by atoms with E-state index < -0.39 is 24.5 Å². The van der Waals surface area contributed by atoms with E-state index in [9.17, 15) is 22.4 Å². The molecule has 1 N–H and O–H groups in total. The van der Waals surface area contributed by atoms with Gasteiger partial charge < -0.3 is 28.9 Å². The number of ether oxygens (including phenoxy) is 3. The molecule has 4 fully saturated rings. The first-order valence-electron chi connectivity index (χ1n) is 18.7. The van der Waals surface area contributed by atoms with Crippen molar-refractivity contribution in [3.63, 3.8) is 0 Å². The minimum atomic E-state index is -4.60. The lowest BCUT2D eigenvalue weighted by Crippen LogP contribution is -2.62. The van der Waals surface area contributed by atoms with Crippen molar-refractivity contribution in [1.82, 2.24) is 30.0 Å². The Morgan fingerprint density at radius 1 is 1.06 bits per heavy atom. The molecule has 0 bridgehead atoms. The molecule has 1 aliphatic carbocycles. The number of rotatable bonds is 11. The summed E-state index contributed by atoms with van der Waals surface area (Å²) in [4.78, 5) is 28.1. The Kier molecular flexibility index (Phi) is 9.65. The van der Waals surface area contributed by atoms with Crippen LogP contribution in [-0.2, 0) is 9.53 Å². The minimum Gasteiger partial charge on any atom is -0.481 e. The summed E-state index contributed by atoms with van der Waals surface area (Å²) in [6, 6.07) is 6.02. The van der Waals surface area contributed by atoms with Gasteiger partial charge >= 0.3 is 12.2 Å². The average molecular weight is 752 g/mol. The molecule has 0 unspecified atom stereocenters. The van der Waals surface area contributed by atoms with Crippen molar-refractivity contribution in [2.75, 3.05) is 71.0 Å². The van der Waals surface area contributed by atoms with Gasteiger partial charge in [0.1, 0.15) is 17.4 Å².